The Hall–Kier alpha value is -2.33. The van der Waals surface area contributed by atoms with Gasteiger partial charge in [-0.2, -0.15) is 0 Å². The fourth-order valence-corrected chi connectivity index (χ4v) is 3.86. The zero-order valence-electron chi connectivity index (χ0n) is 18.7. The van der Waals surface area contributed by atoms with E-state index in [9.17, 15) is 22.8 Å². The van der Waals surface area contributed by atoms with E-state index in [1.165, 1.54) is 0 Å². The smallest absolute Gasteiger partial charge is 0.317 e. The number of benzene rings is 1. The van der Waals surface area contributed by atoms with Gasteiger partial charge in [0.1, 0.15) is 5.82 Å². The standard InChI is InChI=1S/C22H33F3N4O3/c1-3-17(6-5-16(26)11-15-12-19(24)20(25)13-18(15)23)29(4-2)21(30)14-27-22(31)28-7-9-32-10-8-28/h12-13,16-17H,3-11,14,26H2,1-2H3,(H,27,31)/t16-,17?/m0/s1. The number of nitrogens with one attached hydrogen (secondary N) is 1. The van der Waals surface area contributed by atoms with Crippen LogP contribution < -0.4 is 11.1 Å². The number of rotatable bonds is 10. The molecule has 10 heteroatoms. The minimum Gasteiger partial charge on any atom is -0.378 e. The van der Waals surface area contributed by atoms with Crippen LogP contribution in [0.2, 0.25) is 0 Å². The highest BCUT2D eigenvalue weighted by molar-refractivity contribution is 5.84. The second-order valence-electron chi connectivity index (χ2n) is 7.90. The summed E-state index contributed by atoms with van der Waals surface area (Å²) in [5.74, 6) is -3.36. The van der Waals surface area contributed by atoms with Gasteiger partial charge < -0.3 is 25.6 Å². The first-order valence-electron chi connectivity index (χ1n) is 11.1. The Kier molecular flexibility index (Phi) is 10.2. The summed E-state index contributed by atoms with van der Waals surface area (Å²) in [5.41, 5.74) is 6.13. The molecule has 0 bridgehead atoms. The lowest BCUT2D eigenvalue weighted by Gasteiger charge is -2.32. The molecule has 3 amide bonds. The molecule has 1 aliphatic heterocycles. The summed E-state index contributed by atoms with van der Waals surface area (Å²) in [6, 6.07) is 0.490. The Morgan fingerprint density at radius 2 is 1.78 bits per heavy atom. The topological polar surface area (TPSA) is 87.9 Å². The van der Waals surface area contributed by atoms with Crippen LogP contribution >= 0.6 is 0 Å². The van der Waals surface area contributed by atoms with Crippen molar-refractivity contribution in [3.63, 3.8) is 0 Å². The van der Waals surface area contributed by atoms with Crippen LogP contribution in [0, 0.1) is 17.5 Å². The van der Waals surface area contributed by atoms with Crippen molar-refractivity contribution in [2.45, 2.75) is 51.6 Å². The monoisotopic (exact) mass is 458 g/mol. The van der Waals surface area contributed by atoms with E-state index in [1.54, 1.807) is 9.80 Å². The summed E-state index contributed by atoms with van der Waals surface area (Å²) < 4.78 is 45.6. The number of carbonyl (C=O) groups excluding carboxylic acids is 2. The number of urea groups is 1. The van der Waals surface area contributed by atoms with E-state index in [0.717, 1.165) is 6.07 Å². The van der Waals surface area contributed by atoms with E-state index in [2.05, 4.69) is 5.32 Å². The second kappa shape index (κ2) is 12.6. The van der Waals surface area contributed by atoms with Crippen LogP contribution in [0.5, 0.6) is 0 Å². The van der Waals surface area contributed by atoms with E-state index < -0.39 is 23.5 Å². The zero-order chi connectivity index (χ0) is 23.7. The van der Waals surface area contributed by atoms with Gasteiger partial charge in [0.15, 0.2) is 11.6 Å². The largest absolute Gasteiger partial charge is 0.378 e. The van der Waals surface area contributed by atoms with Crippen molar-refractivity contribution < 1.29 is 27.5 Å². The molecule has 1 heterocycles. The van der Waals surface area contributed by atoms with E-state index in [0.29, 0.717) is 58.2 Å². The number of likely N-dealkylation sites (N-methyl/N-ethyl adjacent to an activating group) is 1. The molecule has 0 saturated carbocycles. The number of hydrogen-bond acceptors (Lipinski definition) is 4. The SMILES string of the molecule is CCC(CC[C@H](N)Cc1cc(F)c(F)cc1F)N(CC)C(=O)CNC(=O)N1CCOCC1. The maximum atomic E-state index is 13.9. The van der Waals surface area contributed by atoms with Gasteiger partial charge in [-0.1, -0.05) is 6.92 Å². The zero-order valence-corrected chi connectivity index (χ0v) is 18.7. The Balaban J connectivity index is 1.86. The van der Waals surface area contributed by atoms with Gasteiger partial charge in [0.25, 0.3) is 0 Å². The first kappa shape index (κ1) is 25.9. The third-order valence-electron chi connectivity index (χ3n) is 5.70. The molecule has 1 unspecified atom stereocenters. The van der Waals surface area contributed by atoms with Crippen molar-refractivity contribution >= 4 is 11.9 Å². The number of ether oxygens (including phenoxy) is 1. The molecule has 0 aromatic heterocycles. The summed E-state index contributed by atoms with van der Waals surface area (Å²) in [4.78, 5) is 28.2. The van der Waals surface area contributed by atoms with Crippen molar-refractivity contribution in [1.29, 1.82) is 0 Å². The molecule has 0 aliphatic carbocycles. The van der Waals surface area contributed by atoms with Crippen LogP contribution in [-0.2, 0) is 16.0 Å². The maximum Gasteiger partial charge on any atom is 0.317 e. The van der Waals surface area contributed by atoms with E-state index in [4.69, 9.17) is 10.5 Å². The van der Waals surface area contributed by atoms with Crippen LogP contribution in [-0.4, -0.2) is 73.2 Å². The van der Waals surface area contributed by atoms with Gasteiger partial charge >= 0.3 is 6.03 Å². The average Bonchev–Trinajstić information content (AvgIpc) is 2.78. The molecule has 0 spiro atoms. The van der Waals surface area contributed by atoms with Gasteiger partial charge in [-0.3, -0.25) is 4.79 Å². The molecule has 1 saturated heterocycles. The van der Waals surface area contributed by atoms with Gasteiger partial charge in [0, 0.05) is 37.8 Å². The third-order valence-corrected chi connectivity index (χ3v) is 5.70. The molecular formula is C22H33F3N4O3. The molecule has 2 rings (SSSR count). The molecule has 3 N–H and O–H groups in total. The number of nitrogens with two attached hydrogens (primary N) is 1. The lowest BCUT2D eigenvalue weighted by molar-refractivity contribution is -0.132. The Morgan fingerprint density at radius 3 is 2.41 bits per heavy atom. The van der Waals surface area contributed by atoms with Crippen LogP contribution in [0.25, 0.3) is 0 Å². The fraction of sp³-hybridized carbons (Fsp3) is 0.636. The minimum atomic E-state index is -1.23. The summed E-state index contributed by atoms with van der Waals surface area (Å²) in [5, 5.41) is 2.67. The minimum absolute atomic E-state index is 0.0266. The summed E-state index contributed by atoms with van der Waals surface area (Å²) >= 11 is 0. The molecular weight excluding hydrogens is 425 g/mol. The van der Waals surface area contributed by atoms with Crippen molar-refractivity contribution in [3.8, 4) is 0 Å². The summed E-state index contributed by atoms with van der Waals surface area (Å²) in [6.45, 7) is 6.13. The maximum absolute atomic E-state index is 13.9. The molecule has 0 radical (unpaired) electrons. The number of nitrogens with zero attached hydrogens (tertiary/aromatic N) is 2. The van der Waals surface area contributed by atoms with Crippen LogP contribution in [0.15, 0.2) is 12.1 Å². The van der Waals surface area contributed by atoms with Gasteiger partial charge in [-0.05, 0) is 44.2 Å². The van der Waals surface area contributed by atoms with Crippen molar-refractivity contribution in [1.82, 2.24) is 15.1 Å². The highest BCUT2D eigenvalue weighted by Crippen LogP contribution is 2.18. The molecule has 32 heavy (non-hydrogen) atoms. The highest BCUT2D eigenvalue weighted by Gasteiger charge is 2.24. The van der Waals surface area contributed by atoms with Crippen LogP contribution in [0.3, 0.4) is 0 Å². The van der Waals surface area contributed by atoms with E-state index >= 15 is 0 Å². The predicted octanol–water partition coefficient (Wildman–Crippen LogP) is 2.42. The normalized spacial score (nSPS) is 15.9. The number of carbonyl (C=O) groups is 2. The molecule has 2 atom stereocenters. The number of amides is 3. The first-order chi connectivity index (χ1) is 15.3. The van der Waals surface area contributed by atoms with E-state index in [1.807, 2.05) is 13.8 Å². The summed E-state index contributed by atoms with van der Waals surface area (Å²) in [6.07, 6.45) is 1.79. The molecule has 7 nitrogen and oxygen atoms in total. The van der Waals surface area contributed by atoms with Crippen molar-refractivity contribution in [2.75, 3.05) is 39.4 Å². The number of hydrogen-bond donors (Lipinski definition) is 2. The number of morpholine rings is 1. The Morgan fingerprint density at radius 1 is 1.12 bits per heavy atom. The number of halogens is 3. The van der Waals surface area contributed by atoms with Crippen molar-refractivity contribution in [2.24, 2.45) is 5.73 Å². The van der Waals surface area contributed by atoms with Crippen LogP contribution in [0.1, 0.15) is 38.7 Å². The lowest BCUT2D eigenvalue weighted by Crippen LogP contribution is -2.50. The van der Waals surface area contributed by atoms with E-state index in [-0.39, 0.29) is 36.5 Å². The molecule has 1 aromatic rings. The highest BCUT2D eigenvalue weighted by atomic mass is 19.2. The first-order valence-corrected chi connectivity index (χ1v) is 11.1. The van der Waals surface area contributed by atoms with Crippen molar-refractivity contribution in [3.05, 3.63) is 35.1 Å². The van der Waals surface area contributed by atoms with Gasteiger partial charge in [-0.25, -0.2) is 18.0 Å². The molecule has 1 aliphatic rings. The Labute approximate surface area is 187 Å². The Bertz CT molecular complexity index is 775. The van der Waals surface area contributed by atoms with Crippen LogP contribution in [0.4, 0.5) is 18.0 Å². The van der Waals surface area contributed by atoms with Gasteiger partial charge in [0.05, 0.1) is 19.8 Å². The third kappa shape index (κ3) is 7.37. The van der Waals surface area contributed by atoms with Gasteiger partial charge in [-0.15, -0.1) is 0 Å². The predicted molar refractivity (Wildman–Crippen MR) is 114 cm³/mol. The second-order valence-corrected chi connectivity index (χ2v) is 7.90. The molecule has 1 aromatic carbocycles. The van der Waals surface area contributed by atoms with Gasteiger partial charge in [0.2, 0.25) is 5.91 Å². The fourth-order valence-electron chi connectivity index (χ4n) is 3.86. The quantitative estimate of drug-likeness (QED) is 0.527. The molecule has 180 valence electrons. The lowest BCUT2D eigenvalue weighted by atomic mass is 9.97. The average molecular weight is 459 g/mol. The molecule has 1 fully saturated rings. The summed E-state index contributed by atoms with van der Waals surface area (Å²) in [7, 11) is 0.